The molecule has 114 valence electrons. The van der Waals surface area contributed by atoms with Crippen LogP contribution in [-0.2, 0) is 14.3 Å². The van der Waals surface area contributed by atoms with Crippen molar-refractivity contribution in [2.45, 2.75) is 45.4 Å². The average molecular weight is 275 g/mol. The second-order valence-electron chi connectivity index (χ2n) is 4.46. The fourth-order valence-electron chi connectivity index (χ4n) is 1.63. The molecule has 5 nitrogen and oxygen atoms in total. The summed E-state index contributed by atoms with van der Waals surface area (Å²) in [5, 5.41) is 11.3. The molecule has 0 aromatic carbocycles. The molecule has 2 N–H and O–H groups in total. The molecule has 0 heterocycles. The van der Waals surface area contributed by atoms with E-state index in [0.717, 1.165) is 12.8 Å². The zero-order valence-corrected chi connectivity index (χ0v) is 12.2. The number of ether oxygens (including phenoxy) is 2. The molecule has 0 radical (unpaired) electrons. The first-order valence-corrected chi connectivity index (χ1v) is 7.34. The number of nitrogens with one attached hydrogen (secondary N) is 1. The highest BCUT2D eigenvalue weighted by atomic mass is 16.5. The number of rotatable bonds is 14. The summed E-state index contributed by atoms with van der Waals surface area (Å²) < 4.78 is 10.3. The smallest absolute Gasteiger partial charge is 0.220 e. The van der Waals surface area contributed by atoms with Crippen molar-refractivity contribution < 1.29 is 19.4 Å². The third-order valence-electron chi connectivity index (χ3n) is 2.68. The molecule has 0 saturated carbocycles. The van der Waals surface area contributed by atoms with E-state index in [1.54, 1.807) is 0 Å². The van der Waals surface area contributed by atoms with Crippen molar-refractivity contribution in [1.82, 2.24) is 5.32 Å². The summed E-state index contributed by atoms with van der Waals surface area (Å²) in [6.45, 7) is 4.59. The predicted octanol–water partition coefficient (Wildman–Crippen LogP) is 1.49. The Kier molecular flexibility index (Phi) is 14.9. The van der Waals surface area contributed by atoms with Crippen molar-refractivity contribution in [2.24, 2.45) is 0 Å². The summed E-state index contributed by atoms with van der Waals surface area (Å²) in [6, 6.07) is 0. The van der Waals surface area contributed by atoms with Crippen LogP contribution in [0.2, 0.25) is 0 Å². The molecule has 0 fully saturated rings. The number of aliphatic hydroxyl groups is 1. The van der Waals surface area contributed by atoms with Gasteiger partial charge in [-0.1, -0.05) is 32.6 Å². The van der Waals surface area contributed by atoms with E-state index in [9.17, 15) is 4.79 Å². The fourth-order valence-corrected chi connectivity index (χ4v) is 1.63. The third-order valence-corrected chi connectivity index (χ3v) is 2.68. The minimum absolute atomic E-state index is 0.0360. The Balaban J connectivity index is 3.12. The molecular weight excluding hydrogens is 246 g/mol. The minimum Gasteiger partial charge on any atom is -0.394 e. The van der Waals surface area contributed by atoms with Gasteiger partial charge in [0.05, 0.1) is 33.0 Å². The Morgan fingerprint density at radius 3 is 2.37 bits per heavy atom. The molecule has 0 saturated heterocycles. The van der Waals surface area contributed by atoms with Crippen molar-refractivity contribution in [2.75, 3.05) is 39.6 Å². The Labute approximate surface area is 116 Å². The van der Waals surface area contributed by atoms with Crippen LogP contribution in [0.3, 0.4) is 0 Å². The zero-order chi connectivity index (χ0) is 14.2. The molecule has 0 aliphatic carbocycles. The van der Waals surface area contributed by atoms with Crippen molar-refractivity contribution in [3.8, 4) is 0 Å². The molecule has 0 atom stereocenters. The Hall–Kier alpha value is -0.650. The molecule has 0 aromatic rings. The zero-order valence-electron chi connectivity index (χ0n) is 12.2. The van der Waals surface area contributed by atoms with Gasteiger partial charge in [0.1, 0.15) is 0 Å². The van der Waals surface area contributed by atoms with Gasteiger partial charge in [-0.05, 0) is 6.42 Å². The van der Waals surface area contributed by atoms with Crippen molar-refractivity contribution in [3.63, 3.8) is 0 Å². The van der Waals surface area contributed by atoms with Gasteiger partial charge in [0.2, 0.25) is 5.91 Å². The third kappa shape index (κ3) is 15.3. The van der Waals surface area contributed by atoms with E-state index in [1.807, 2.05) is 0 Å². The molecule has 0 aliphatic heterocycles. The Morgan fingerprint density at radius 1 is 1.00 bits per heavy atom. The van der Waals surface area contributed by atoms with Gasteiger partial charge in [0, 0.05) is 13.0 Å². The van der Waals surface area contributed by atoms with Crippen molar-refractivity contribution in [3.05, 3.63) is 0 Å². The number of unbranched alkanes of at least 4 members (excludes halogenated alkanes) is 4. The monoisotopic (exact) mass is 275 g/mol. The molecule has 0 bridgehead atoms. The summed E-state index contributed by atoms with van der Waals surface area (Å²) in [5.74, 6) is 0.108. The van der Waals surface area contributed by atoms with Gasteiger partial charge in [0.15, 0.2) is 0 Å². The number of aliphatic hydroxyl groups excluding tert-OH is 1. The Bertz CT molecular complexity index is 200. The highest BCUT2D eigenvalue weighted by molar-refractivity contribution is 5.75. The number of amides is 1. The lowest BCUT2D eigenvalue weighted by Gasteiger charge is -2.06. The molecule has 0 aromatic heterocycles. The van der Waals surface area contributed by atoms with Crippen LogP contribution >= 0.6 is 0 Å². The van der Waals surface area contributed by atoms with Gasteiger partial charge in [-0.15, -0.1) is 0 Å². The summed E-state index contributed by atoms with van der Waals surface area (Å²) >= 11 is 0. The van der Waals surface area contributed by atoms with E-state index in [1.165, 1.54) is 19.3 Å². The quantitative estimate of drug-likeness (QED) is 0.471. The van der Waals surface area contributed by atoms with Crippen LogP contribution in [0.4, 0.5) is 0 Å². The maximum atomic E-state index is 11.4. The topological polar surface area (TPSA) is 67.8 Å². The van der Waals surface area contributed by atoms with Gasteiger partial charge in [-0.3, -0.25) is 4.79 Å². The molecule has 0 unspecified atom stereocenters. The van der Waals surface area contributed by atoms with Crippen LogP contribution in [-0.4, -0.2) is 50.6 Å². The van der Waals surface area contributed by atoms with E-state index in [2.05, 4.69) is 12.2 Å². The molecule has 1 amide bonds. The van der Waals surface area contributed by atoms with Gasteiger partial charge in [0.25, 0.3) is 0 Å². The van der Waals surface area contributed by atoms with Crippen LogP contribution in [0, 0.1) is 0 Å². The number of hydrogen-bond donors (Lipinski definition) is 2. The lowest BCUT2D eigenvalue weighted by atomic mass is 10.1. The number of carbonyl (C=O) groups excluding carboxylic acids is 1. The lowest BCUT2D eigenvalue weighted by molar-refractivity contribution is -0.121. The van der Waals surface area contributed by atoms with Gasteiger partial charge >= 0.3 is 0 Å². The Morgan fingerprint density at radius 2 is 1.68 bits per heavy atom. The normalized spacial score (nSPS) is 10.6. The first-order valence-electron chi connectivity index (χ1n) is 7.34. The molecule has 19 heavy (non-hydrogen) atoms. The van der Waals surface area contributed by atoms with Gasteiger partial charge in [-0.2, -0.15) is 0 Å². The van der Waals surface area contributed by atoms with E-state index in [4.69, 9.17) is 14.6 Å². The maximum absolute atomic E-state index is 11.4. The molecule has 0 rings (SSSR count). The number of hydrogen-bond acceptors (Lipinski definition) is 4. The average Bonchev–Trinajstić information content (AvgIpc) is 2.41. The lowest BCUT2D eigenvalue weighted by Crippen LogP contribution is -2.27. The van der Waals surface area contributed by atoms with Crippen LogP contribution in [0.1, 0.15) is 45.4 Å². The predicted molar refractivity (Wildman–Crippen MR) is 75.1 cm³/mol. The summed E-state index contributed by atoms with van der Waals surface area (Å²) in [4.78, 5) is 11.4. The van der Waals surface area contributed by atoms with Crippen LogP contribution < -0.4 is 5.32 Å². The SMILES string of the molecule is CCCCCCCC(=O)NCCOCCOCCO. The van der Waals surface area contributed by atoms with Gasteiger partial charge in [-0.25, -0.2) is 0 Å². The molecule has 0 spiro atoms. The van der Waals surface area contributed by atoms with Crippen LogP contribution in [0.15, 0.2) is 0 Å². The fraction of sp³-hybridized carbons (Fsp3) is 0.929. The highest BCUT2D eigenvalue weighted by Crippen LogP contribution is 2.04. The second kappa shape index (κ2) is 15.4. The van der Waals surface area contributed by atoms with E-state index in [0.29, 0.717) is 39.4 Å². The maximum Gasteiger partial charge on any atom is 0.220 e. The largest absolute Gasteiger partial charge is 0.394 e. The first kappa shape index (κ1) is 18.4. The van der Waals surface area contributed by atoms with Crippen LogP contribution in [0.5, 0.6) is 0 Å². The van der Waals surface area contributed by atoms with Crippen LogP contribution in [0.25, 0.3) is 0 Å². The molecule has 5 heteroatoms. The van der Waals surface area contributed by atoms with E-state index < -0.39 is 0 Å². The van der Waals surface area contributed by atoms with Gasteiger partial charge < -0.3 is 19.9 Å². The summed E-state index contributed by atoms with van der Waals surface area (Å²) in [5.41, 5.74) is 0. The minimum atomic E-state index is 0.0360. The second-order valence-corrected chi connectivity index (χ2v) is 4.46. The standard InChI is InChI=1S/C14H29NO4/c1-2-3-4-5-6-7-14(17)15-8-10-18-12-13-19-11-9-16/h16H,2-13H2,1H3,(H,15,17). The number of carbonyl (C=O) groups is 1. The summed E-state index contributed by atoms with van der Waals surface area (Å²) in [7, 11) is 0. The summed E-state index contributed by atoms with van der Waals surface area (Å²) in [6.07, 6.45) is 6.44. The van der Waals surface area contributed by atoms with E-state index in [-0.39, 0.29) is 12.5 Å². The highest BCUT2D eigenvalue weighted by Gasteiger charge is 2.00. The van der Waals surface area contributed by atoms with Crippen molar-refractivity contribution in [1.29, 1.82) is 0 Å². The van der Waals surface area contributed by atoms with Crippen molar-refractivity contribution >= 4 is 5.91 Å². The molecular formula is C14H29NO4. The molecule has 0 aliphatic rings. The first-order chi connectivity index (χ1) is 9.31. The van der Waals surface area contributed by atoms with E-state index >= 15 is 0 Å².